The molecule has 284 valence electrons. The fraction of sp³-hybridized carbons (Fsp3) is 0.447. The van der Waals surface area contributed by atoms with Crippen LogP contribution in [0.4, 0.5) is 11.4 Å². The van der Waals surface area contributed by atoms with Crippen LogP contribution in [0.2, 0.25) is 0 Å². The van der Waals surface area contributed by atoms with E-state index in [2.05, 4.69) is 46.9 Å². The minimum atomic E-state index is -0.766. The number of ether oxygens (including phenoxy) is 1. The van der Waals surface area contributed by atoms with Crippen molar-refractivity contribution in [3.05, 3.63) is 89.2 Å². The molecule has 1 fully saturated rings. The summed E-state index contributed by atoms with van der Waals surface area (Å²) in [5, 5.41) is 11.0. The molecule has 0 radical (unpaired) electrons. The zero-order valence-electron chi connectivity index (χ0n) is 30.7. The van der Waals surface area contributed by atoms with Gasteiger partial charge < -0.3 is 37.1 Å². The highest BCUT2D eigenvalue weighted by atomic mass is 16.5. The molecule has 3 rings (SSSR count). The molecule has 2 aromatic carbocycles. The summed E-state index contributed by atoms with van der Waals surface area (Å²) in [6.07, 6.45) is 5.56. The molecule has 1 aliphatic heterocycles. The third kappa shape index (κ3) is 18.0. The lowest BCUT2D eigenvalue weighted by atomic mass is 10.0. The average molecular weight is 722 g/mol. The number of hydrogen-bond acceptors (Lipinski definition) is 9. The van der Waals surface area contributed by atoms with E-state index in [0.717, 1.165) is 42.6 Å². The maximum Gasteiger partial charge on any atom is 0.243 e. The lowest BCUT2D eigenvalue weighted by molar-refractivity contribution is -0.130. The molecule has 1 atom stereocenters. The highest BCUT2D eigenvalue weighted by molar-refractivity contribution is 5.96. The predicted octanol–water partition coefficient (Wildman–Crippen LogP) is 4.71. The van der Waals surface area contributed by atoms with Crippen molar-refractivity contribution >= 4 is 41.4 Å². The second kappa shape index (κ2) is 25.6. The van der Waals surface area contributed by atoms with Crippen LogP contribution in [-0.4, -0.2) is 60.6 Å². The maximum atomic E-state index is 12.8. The van der Waals surface area contributed by atoms with Crippen LogP contribution in [0.5, 0.6) is 0 Å². The van der Waals surface area contributed by atoms with Gasteiger partial charge in [0.25, 0.3) is 0 Å². The first kappa shape index (κ1) is 44.7. The Hall–Kier alpha value is -5.37. The Morgan fingerprint density at radius 1 is 1.00 bits per heavy atom. The third-order valence-electron chi connectivity index (χ3n) is 7.70. The van der Waals surface area contributed by atoms with E-state index in [9.17, 15) is 24.1 Å². The highest BCUT2D eigenvalue weighted by Gasteiger charge is 2.25. The smallest absolute Gasteiger partial charge is 0.243 e. The molecular formula is C38H55N7O7. The summed E-state index contributed by atoms with van der Waals surface area (Å²) in [6, 6.07) is 13.2. The lowest BCUT2D eigenvalue weighted by Crippen LogP contribution is -2.51. The number of nitrogens with two attached hydrogens (primary N) is 2. The van der Waals surface area contributed by atoms with Crippen molar-refractivity contribution in [3.63, 3.8) is 0 Å². The maximum absolute atomic E-state index is 12.8. The summed E-state index contributed by atoms with van der Waals surface area (Å²) in [7, 11) is 0. The molecule has 0 spiro atoms. The number of carbonyl (C=O) groups is 5. The summed E-state index contributed by atoms with van der Waals surface area (Å²) in [5.41, 5.74) is 12.8. The van der Waals surface area contributed by atoms with Crippen molar-refractivity contribution in [1.82, 2.24) is 15.5 Å². The Morgan fingerprint density at radius 3 is 2.15 bits per heavy atom. The first-order valence-corrected chi connectivity index (χ1v) is 17.4. The summed E-state index contributed by atoms with van der Waals surface area (Å²) in [6.45, 7) is 15.1. The minimum absolute atomic E-state index is 0.106. The number of nitrogens with one attached hydrogen (secondary N) is 3. The van der Waals surface area contributed by atoms with Gasteiger partial charge in [-0.25, -0.2) is 0 Å². The van der Waals surface area contributed by atoms with Gasteiger partial charge in [0.05, 0.1) is 12.3 Å². The van der Waals surface area contributed by atoms with Gasteiger partial charge in [-0.1, -0.05) is 64.6 Å². The van der Waals surface area contributed by atoms with Gasteiger partial charge in [0.2, 0.25) is 30.0 Å². The summed E-state index contributed by atoms with van der Waals surface area (Å²) >= 11 is 0. The van der Waals surface area contributed by atoms with Gasteiger partial charge in [-0.2, -0.15) is 0 Å². The van der Waals surface area contributed by atoms with Crippen molar-refractivity contribution in [2.75, 3.05) is 25.0 Å². The number of allylic oxidation sites excluding steroid dienone is 2. The van der Waals surface area contributed by atoms with Crippen LogP contribution in [0.15, 0.2) is 78.3 Å². The molecule has 0 aromatic heterocycles. The molecule has 7 N–H and O–H groups in total. The van der Waals surface area contributed by atoms with E-state index < -0.39 is 17.9 Å². The molecular weight excluding hydrogens is 666 g/mol. The quantitative estimate of drug-likeness (QED) is 0.0591. The van der Waals surface area contributed by atoms with Gasteiger partial charge in [-0.15, -0.1) is 4.91 Å². The van der Waals surface area contributed by atoms with Crippen LogP contribution in [0.1, 0.15) is 76.8 Å². The molecule has 0 aliphatic carbocycles. The first-order chi connectivity index (χ1) is 24.9. The molecule has 1 aliphatic rings. The monoisotopic (exact) mass is 721 g/mol. The van der Waals surface area contributed by atoms with Crippen molar-refractivity contribution in [1.29, 1.82) is 0 Å². The van der Waals surface area contributed by atoms with Crippen molar-refractivity contribution in [2.24, 2.45) is 22.6 Å². The number of nitroso groups, excluding NO2 is 1. The molecule has 1 heterocycles. The van der Waals surface area contributed by atoms with Gasteiger partial charge in [0, 0.05) is 37.2 Å². The number of anilines is 1. The standard InChI is InChI=1S/C34H43N5O6.C3H9N.CH3NO/c1-23(2)33(37-30(40)8-6-5-7-19-39-24(3)9-18-32(39)42)34(43)35-21-31(41)36-28-14-12-27(13-15-28)22-45-25(4)20-26-10-16-29(38-44)17-11-26;1-2-3-4;2-1-3/h10-17,23,33H,3-9,18-22H2,1-2H3,(H,35,43)(H,36,41)(H,37,40);2-4H2,1H3;1H,(H2,2,3). The van der Waals surface area contributed by atoms with Gasteiger partial charge >= 0.3 is 0 Å². The summed E-state index contributed by atoms with van der Waals surface area (Å²) in [4.78, 5) is 70.5. The van der Waals surface area contributed by atoms with Gasteiger partial charge in [-0.05, 0) is 78.7 Å². The molecule has 52 heavy (non-hydrogen) atoms. The number of nitrogens with zero attached hydrogens (tertiary/aromatic N) is 2. The Morgan fingerprint density at radius 2 is 1.62 bits per heavy atom. The average Bonchev–Trinajstić information content (AvgIpc) is 3.45. The summed E-state index contributed by atoms with van der Waals surface area (Å²) < 4.78 is 5.74. The highest BCUT2D eigenvalue weighted by Crippen LogP contribution is 2.21. The van der Waals surface area contributed by atoms with E-state index in [-0.39, 0.29) is 37.1 Å². The SMILES string of the molecule is C=C(Cc1ccc(N=O)cc1)OCc1ccc(NC(=O)CNC(=O)C(NC(=O)CCCCCN2C(=C)CCC2=O)C(C)C)cc1.CCCN.NC=O. The topological polar surface area (TPSA) is 215 Å². The zero-order chi connectivity index (χ0) is 38.9. The normalized spacial score (nSPS) is 12.4. The fourth-order valence-electron chi connectivity index (χ4n) is 4.80. The molecule has 0 bridgehead atoms. The molecule has 14 nitrogen and oxygen atoms in total. The van der Waals surface area contributed by atoms with E-state index >= 15 is 0 Å². The number of carbonyl (C=O) groups excluding carboxylic acids is 5. The number of rotatable bonds is 19. The van der Waals surface area contributed by atoms with Crippen LogP contribution in [0.25, 0.3) is 0 Å². The predicted molar refractivity (Wildman–Crippen MR) is 203 cm³/mol. The summed E-state index contributed by atoms with van der Waals surface area (Å²) in [5.74, 6) is -0.545. The fourth-order valence-corrected chi connectivity index (χ4v) is 4.80. The molecule has 5 amide bonds. The number of amides is 5. The van der Waals surface area contributed by atoms with E-state index in [1.807, 2.05) is 26.0 Å². The Labute approximate surface area is 306 Å². The van der Waals surface area contributed by atoms with Crippen LogP contribution < -0.4 is 27.4 Å². The molecule has 1 unspecified atom stereocenters. The molecule has 2 aromatic rings. The van der Waals surface area contributed by atoms with Crippen molar-refractivity contribution < 1.29 is 28.7 Å². The Balaban J connectivity index is 0.00000177. The zero-order valence-corrected chi connectivity index (χ0v) is 30.7. The molecule has 1 saturated heterocycles. The van der Waals surface area contributed by atoms with E-state index in [0.29, 0.717) is 56.0 Å². The number of likely N-dealkylation sites (tertiary alicyclic amines) is 1. The molecule has 0 saturated carbocycles. The van der Waals surface area contributed by atoms with Gasteiger partial charge in [0.15, 0.2) is 0 Å². The van der Waals surface area contributed by atoms with Gasteiger partial charge in [-0.3, -0.25) is 24.0 Å². The second-order valence-corrected chi connectivity index (χ2v) is 12.4. The molecule has 14 heteroatoms. The van der Waals surface area contributed by atoms with Crippen molar-refractivity contribution in [2.45, 2.75) is 84.8 Å². The Bertz CT molecular complexity index is 1440. The lowest BCUT2D eigenvalue weighted by Gasteiger charge is -2.22. The van der Waals surface area contributed by atoms with E-state index in [1.165, 1.54) is 0 Å². The van der Waals surface area contributed by atoms with E-state index in [1.54, 1.807) is 41.3 Å². The van der Waals surface area contributed by atoms with E-state index in [4.69, 9.17) is 15.3 Å². The first-order valence-electron chi connectivity index (χ1n) is 17.4. The van der Waals surface area contributed by atoms with Crippen LogP contribution in [-0.2, 0) is 41.7 Å². The van der Waals surface area contributed by atoms with Gasteiger partial charge in [0.1, 0.15) is 18.3 Å². The third-order valence-corrected chi connectivity index (χ3v) is 7.70. The Kier molecular flexibility index (Phi) is 21.9. The minimum Gasteiger partial charge on any atom is -0.494 e. The number of primary amides is 1. The number of hydrogen-bond donors (Lipinski definition) is 5. The number of benzene rings is 2. The van der Waals surface area contributed by atoms with Crippen molar-refractivity contribution in [3.8, 4) is 0 Å². The van der Waals surface area contributed by atoms with Crippen LogP contribution in [0, 0.1) is 10.8 Å². The van der Waals surface area contributed by atoms with Crippen LogP contribution >= 0.6 is 0 Å². The van der Waals surface area contributed by atoms with Crippen LogP contribution in [0.3, 0.4) is 0 Å². The number of unbranched alkanes of at least 4 members (excludes halogenated alkanes) is 2. The largest absolute Gasteiger partial charge is 0.494 e. The second-order valence-electron chi connectivity index (χ2n) is 12.4.